The van der Waals surface area contributed by atoms with Crippen molar-refractivity contribution in [1.29, 1.82) is 0 Å². The summed E-state index contributed by atoms with van der Waals surface area (Å²) >= 11 is 0. The first kappa shape index (κ1) is 15.3. The predicted molar refractivity (Wildman–Crippen MR) is 67.9 cm³/mol. The zero-order valence-electron chi connectivity index (χ0n) is 9.96. The molecule has 5 heteroatoms. The summed E-state index contributed by atoms with van der Waals surface area (Å²) in [6.07, 6.45) is 0.00782. The number of alkyl halides is 3. The molecule has 0 saturated carbocycles. The zero-order chi connectivity index (χ0) is 12.3. The first-order chi connectivity index (χ1) is 8.07. The lowest BCUT2D eigenvalue weighted by Gasteiger charge is -2.17. The highest BCUT2D eigenvalue weighted by molar-refractivity contribution is 5.85. The molecule has 1 aromatic carbocycles. The Morgan fingerprint density at radius 2 is 1.89 bits per heavy atom. The van der Waals surface area contributed by atoms with Gasteiger partial charge in [-0.2, -0.15) is 13.2 Å². The van der Waals surface area contributed by atoms with Crippen LogP contribution in [0.2, 0.25) is 0 Å². The Labute approximate surface area is 111 Å². The van der Waals surface area contributed by atoms with Gasteiger partial charge in [-0.1, -0.05) is 25.0 Å². The summed E-state index contributed by atoms with van der Waals surface area (Å²) in [6.45, 7) is 0.890. The third-order valence-electron chi connectivity index (χ3n) is 3.18. The van der Waals surface area contributed by atoms with Gasteiger partial charge in [0.15, 0.2) is 0 Å². The molecule has 0 aromatic heterocycles. The maximum atomic E-state index is 12.6. The fraction of sp³-hybridized carbons (Fsp3) is 0.538. The predicted octanol–water partition coefficient (Wildman–Crippen LogP) is 4.33. The van der Waals surface area contributed by atoms with E-state index in [4.69, 9.17) is 0 Å². The molecule has 1 saturated heterocycles. The van der Waals surface area contributed by atoms with Gasteiger partial charge in [-0.25, -0.2) is 0 Å². The van der Waals surface area contributed by atoms with Crippen molar-refractivity contribution < 1.29 is 13.2 Å². The van der Waals surface area contributed by atoms with Crippen molar-refractivity contribution in [3.05, 3.63) is 35.4 Å². The van der Waals surface area contributed by atoms with Gasteiger partial charge in [0.2, 0.25) is 0 Å². The fourth-order valence-corrected chi connectivity index (χ4v) is 2.24. The van der Waals surface area contributed by atoms with E-state index in [0.29, 0.717) is 0 Å². The SMILES string of the molecule is Cl.FC(F)(F)c1cccc(C2CCCCCN2)c1. The van der Waals surface area contributed by atoms with Crippen molar-refractivity contribution in [3.8, 4) is 0 Å². The van der Waals surface area contributed by atoms with Crippen molar-refractivity contribution in [1.82, 2.24) is 5.32 Å². The first-order valence-electron chi connectivity index (χ1n) is 5.98. The lowest BCUT2D eigenvalue weighted by molar-refractivity contribution is -0.137. The Balaban J connectivity index is 0.00000162. The minimum Gasteiger partial charge on any atom is -0.310 e. The van der Waals surface area contributed by atoms with Gasteiger partial charge in [0, 0.05) is 6.04 Å². The van der Waals surface area contributed by atoms with Crippen LogP contribution in [0.4, 0.5) is 13.2 Å². The molecular formula is C13H17ClF3N. The van der Waals surface area contributed by atoms with Crippen LogP contribution in [0.3, 0.4) is 0 Å². The van der Waals surface area contributed by atoms with Crippen LogP contribution in [0.5, 0.6) is 0 Å². The molecule has 0 radical (unpaired) electrons. The first-order valence-corrected chi connectivity index (χ1v) is 5.98. The molecule has 102 valence electrons. The maximum absolute atomic E-state index is 12.6. The molecule has 0 amide bonds. The fourth-order valence-electron chi connectivity index (χ4n) is 2.24. The Kier molecular flexibility index (Phi) is 5.47. The van der Waals surface area contributed by atoms with Crippen LogP contribution in [0, 0.1) is 0 Å². The summed E-state index contributed by atoms with van der Waals surface area (Å²) in [4.78, 5) is 0. The second-order valence-electron chi connectivity index (χ2n) is 4.48. The van der Waals surface area contributed by atoms with E-state index in [1.807, 2.05) is 0 Å². The molecule has 1 aliphatic heterocycles. The molecular weight excluding hydrogens is 263 g/mol. The van der Waals surface area contributed by atoms with Gasteiger partial charge < -0.3 is 5.32 Å². The van der Waals surface area contributed by atoms with Crippen molar-refractivity contribution in [3.63, 3.8) is 0 Å². The molecule has 1 aliphatic rings. The van der Waals surface area contributed by atoms with E-state index in [9.17, 15) is 13.2 Å². The van der Waals surface area contributed by atoms with Gasteiger partial charge in [0.25, 0.3) is 0 Å². The minimum atomic E-state index is -4.25. The normalized spacial score (nSPS) is 20.9. The Hall–Kier alpha value is -0.740. The average molecular weight is 280 g/mol. The monoisotopic (exact) mass is 279 g/mol. The Bertz CT molecular complexity index is 371. The Morgan fingerprint density at radius 3 is 2.61 bits per heavy atom. The summed E-state index contributed by atoms with van der Waals surface area (Å²) in [6, 6.07) is 5.73. The highest BCUT2D eigenvalue weighted by atomic mass is 35.5. The van der Waals surface area contributed by atoms with Crippen molar-refractivity contribution in [2.45, 2.75) is 37.9 Å². The van der Waals surface area contributed by atoms with Gasteiger partial charge in [-0.15, -0.1) is 12.4 Å². The maximum Gasteiger partial charge on any atom is 0.416 e. The molecule has 2 rings (SSSR count). The molecule has 1 aromatic rings. The van der Waals surface area contributed by atoms with E-state index >= 15 is 0 Å². The van der Waals surface area contributed by atoms with E-state index in [1.165, 1.54) is 12.1 Å². The Morgan fingerprint density at radius 1 is 1.11 bits per heavy atom. The molecule has 1 fully saturated rings. The number of rotatable bonds is 1. The van der Waals surface area contributed by atoms with E-state index in [0.717, 1.165) is 43.9 Å². The quantitative estimate of drug-likeness (QED) is 0.807. The highest BCUT2D eigenvalue weighted by Gasteiger charge is 2.30. The largest absolute Gasteiger partial charge is 0.416 e. The van der Waals surface area contributed by atoms with Crippen LogP contribution >= 0.6 is 12.4 Å². The molecule has 1 heterocycles. The van der Waals surface area contributed by atoms with Gasteiger partial charge in [0.1, 0.15) is 0 Å². The molecule has 0 bridgehead atoms. The molecule has 1 nitrogen and oxygen atoms in total. The molecule has 1 atom stereocenters. The van der Waals surface area contributed by atoms with Crippen LogP contribution in [0.25, 0.3) is 0 Å². The summed E-state index contributed by atoms with van der Waals surface area (Å²) in [5.41, 5.74) is 0.197. The van der Waals surface area contributed by atoms with Crippen LogP contribution in [0.1, 0.15) is 42.9 Å². The number of nitrogens with one attached hydrogen (secondary N) is 1. The topological polar surface area (TPSA) is 12.0 Å². The van der Waals surface area contributed by atoms with Crippen molar-refractivity contribution in [2.24, 2.45) is 0 Å². The van der Waals surface area contributed by atoms with E-state index in [2.05, 4.69) is 5.32 Å². The standard InChI is InChI=1S/C13H16F3N.ClH/c14-13(15,16)11-6-4-5-10(9-11)12-7-2-1-3-8-17-12;/h4-6,9,12,17H,1-3,7-8H2;1H. The second kappa shape index (κ2) is 6.43. The second-order valence-corrected chi connectivity index (χ2v) is 4.48. The lowest BCUT2D eigenvalue weighted by Crippen LogP contribution is -2.20. The summed E-state index contributed by atoms with van der Waals surface area (Å²) in [7, 11) is 0. The number of hydrogen-bond acceptors (Lipinski definition) is 1. The van der Waals surface area contributed by atoms with Crippen LogP contribution in [-0.2, 0) is 6.18 Å². The number of halogens is 4. The molecule has 1 unspecified atom stereocenters. The third kappa shape index (κ3) is 3.89. The van der Waals surface area contributed by atoms with Gasteiger partial charge >= 0.3 is 6.18 Å². The lowest BCUT2D eigenvalue weighted by atomic mass is 10.00. The average Bonchev–Trinajstić information content (AvgIpc) is 2.56. The summed E-state index contributed by atoms with van der Waals surface area (Å²) < 4.78 is 37.8. The number of benzene rings is 1. The van der Waals surface area contributed by atoms with E-state index in [-0.39, 0.29) is 18.4 Å². The third-order valence-corrected chi connectivity index (χ3v) is 3.18. The van der Waals surface area contributed by atoms with Crippen molar-refractivity contribution in [2.75, 3.05) is 6.54 Å². The molecule has 18 heavy (non-hydrogen) atoms. The van der Waals surface area contributed by atoms with E-state index < -0.39 is 11.7 Å². The molecule has 1 N–H and O–H groups in total. The van der Waals surface area contributed by atoms with Gasteiger partial charge in [-0.05, 0) is 37.1 Å². The molecule has 0 aliphatic carbocycles. The van der Waals surface area contributed by atoms with Crippen LogP contribution in [-0.4, -0.2) is 6.54 Å². The molecule has 0 spiro atoms. The van der Waals surface area contributed by atoms with E-state index in [1.54, 1.807) is 6.07 Å². The zero-order valence-corrected chi connectivity index (χ0v) is 10.8. The van der Waals surface area contributed by atoms with Gasteiger partial charge in [-0.3, -0.25) is 0 Å². The van der Waals surface area contributed by atoms with Crippen LogP contribution < -0.4 is 5.32 Å². The minimum absolute atomic E-state index is 0. The van der Waals surface area contributed by atoms with Crippen molar-refractivity contribution >= 4 is 12.4 Å². The van der Waals surface area contributed by atoms with Gasteiger partial charge in [0.05, 0.1) is 5.56 Å². The summed E-state index contributed by atoms with van der Waals surface area (Å²) in [5.74, 6) is 0. The summed E-state index contributed by atoms with van der Waals surface area (Å²) in [5, 5.41) is 3.31. The number of hydrogen-bond donors (Lipinski definition) is 1. The van der Waals surface area contributed by atoms with Crippen LogP contribution in [0.15, 0.2) is 24.3 Å². The smallest absolute Gasteiger partial charge is 0.310 e. The highest BCUT2D eigenvalue weighted by Crippen LogP contribution is 2.32.